The van der Waals surface area contributed by atoms with Crippen LogP contribution in [-0.2, 0) is 0 Å². The van der Waals surface area contributed by atoms with E-state index in [0.717, 1.165) is 0 Å². The molecular weight excluding hydrogens is 188 g/mol. The standard InChI is InChI=1S/C10H13F2NO/c1-6(14)9(13)7-2-4-8(5-3-7)10(11)12/h2-6,9-10,14H,13H2,1H3/t6-,9-/m0/s1. The number of hydrogen-bond acceptors (Lipinski definition) is 2. The second kappa shape index (κ2) is 4.48. The zero-order chi connectivity index (χ0) is 10.7. The van der Waals surface area contributed by atoms with Crippen molar-refractivity contribution in [2.45, 2.75) is 25.5 Å². The number of halogens is 2. The molecule has 0 aliphatic heterocycles. The van der Waals surface area contributed by atoms with E-state index in [1.54, 1.807) is 6.92 Å². The summed E-state index contributed by atoms with van der Waals surface area (Å²) in [4.78, 5) is 0. The fraction of sp³-hybridized carbons (Fsp3) is 0.400. The lowest BCUT2D eigenvalue weighted by Crippen LogP contribution is -2.22. The molecule has 0 heterocycles. The van der Waals surface area contributed by atoms with Gasteiger partial charge in [-0.25, -0.2) is 8.78 Å². The molecule has 0 saturated heterocycles. The van der Waals surface area contributed by atoms with Crippen LogP contribution in [0.25, 0.3) is 0 Å². The second-order valence-electron chi connectivity index (χ2n) is 3.23. The summed E-state index contributed by atoms with van der Waals surface area (Å²) < 4.78 is 24.4. The molecule has 0 amide bonds. The second-order valence-corrected chi connectivity index (χ2v) is 3.23. The third kappa shape index (κ3) is 2.49. The molecule has 0 unspecified atom stereocenters. The summed E-state index contributed by atoms with van der Waals surface area (Å²) in [5.41, 5.74) is 6.25. The number of nitrogens with two attached hydrogens (primary N) is 1. The predicted octanol–water partition coefficient (Wildman–Crippen LogP) is 2.00. The van der Waals surface area contributed by atoms with E-state index in [0.29, 0.717) is 5.56 Å². The van der Waals surface area contributed by atoms with Gasteiger partial charge in [-0.05, 0) is 12.5 Å². The summed E-state index contributed by atoms with van der Waals surface area (Å²) in [6.45, 7) is 1.56. The van der Waals surface area contributed by atoms with Crippen LogP contribution in [0.2, 0.25) is 0 Å². The lowest BCUT2D eigenvalue weighted by molar-refractivity contribution is 0.151. The topological polar surface area (TPSA) is 46.2 Å². The molecule has 2 atom stereocenters. The van der Waals surface area contributed by atoms with Gasteiger partial charge in [-0.15, -0.1) is 0 Å². The van der Waals surface area contributed by atoms with Gasteiger partial charge < -0.3 is 10.8 Å². The lowest BCUT2D eigenvalue weighted by atomic mass is 10.0. The number of aliphatic hydroxyl groups excluding tert-OH is 1. The van der Waals surface area contributed by atoms with Crippen molar-refractivity contribution < 1.29 is 13.9 Å². The molecule has 0 fully saturated rings. The molecule has 4 heteroatoms. The Kier molecular flexibility index (Phi) is 3.55. The average molecular weight is 201 g/mol. The van der Waals surface area contributed by atoms with E-state index in [1.807, 2.05) is 0 Å². The van der Waals surface area contributed by atoms with Gasteiger partial charge in [-0.2, -0.15) is 0 Å². The molecule has 0 aromatic heterocycles. The highest BCUT2D eigenvalue weighted by Crippen LogP contribution is 2.21. The number of alkyl halides is 2. The summed E-state index contributed by atoms with van der Waals surface area (Å²) in [5.74, 6) is 0. The maximum Gasteiger partial charge on any atom is 0.263 e. The van der Waals surface area contributed by atoms with Gasteiger partial charge in [0.1, 0.15) is 0 Å². The maximum absolute atomic E-state index is 12.2. The van der Waals surface area contributed by atoms with Crippen LogP contribution in [-0.4, -0.2) is 11.2 Å². The van der Waals surface area contributed by atoms with Crippen molar-refractivity contribution >= 4 is 0 Å². The van der Waals surface area contributed by atoms with Crippen LogP contribution in [0.5, 0.6) is 0 Å². The fourth-order valence-electron chi connectivity index (χ4n) is 1.14. The number of benzene rings is 1. The molecule has 0 aliphatic rings. The quantitative estimate of drug-likeness (QED) is 0.785. The van der Waals surface area contributed by atoms with Crippen LogP contribution < -0.4 is 5.73 Å². The molecule has 0 aliphatic carbocycles. The van der Waals surface area contributed by atoms with Crippen LogP contribution in [0.4, 0.5) is 8.78 Å². The van der Waals surface area contributed by atoms with Crippen LogP contribution in [0, 0.1) is 0 Å². The Morgan fingerprint density at radius 3 is 1.93 bits per heavy atom. The summed E-state index contributed by atoms with van der Waals surface area (Å²) in [6, 6.07) is 5.14. The first-order chi connectivity index (χ1) is 6.52. The molecule has 78 valence electrons. The van der Waals surface area contributed by atoms with Crippen LogP contribution in [0.15, 0.2) is 24.3 Å². The molecule has 1 rings (SSSR count). The van der Waals surface area contributed by atoms with Crippen molar-refractivity contribution in [2.75, 3.05) is 0 Å². The summed E-state index contributed by atoms with van der Waals surface area (Å²) in [7, 11) is 0. The Hall–Kier alpha value is -1.00. The van der Waals surface area contributed by atoms with Crippen LogP contribution >= 0.6 is 0 Å². The minimum atomic E-state index is -2.47. The molecule has 0 bridgehead atoms. The smallest absolute Gasteiger partial charge is 0.263 e. The molecule has 1 aromatic carbocycles. The first kappa shape index (κ1) is 11.1. The van der Waals surface area contributed by atoms with Crippen molar-refractivity contribution in [3.8, 4) is 0 Å². The highest BCUT2D eigenvalue weighted by molar-refractivity contribution is 5.26. The fourth-order valence-corrected chi connectivity index (χ4v) is 1.14. The van der Waals surface area contributed by atoms with E-state index in [2.05, 4.69) is 0 Å². The molecular formula is C10H13F2NO. The van der Waals surface area contributed by atoms with Crippen molar-refractivity contribution in [2.24, 2.45) is 5.73 Å². The molecule has 0 spiro atoms. The number of rotatable bonds is 3. The summed E-state index contributed by atoms with van der Waals surface area (Å²) >= 11 is 0. The van der Waals surface area contributed by atoms with Gasteiger partial charge in [-0.3, -0.25) is 0 Å². The van der Waals surface area contributed by atoms with Gasteiger partial charge in [0.15, 0.2) is 0 Å². The average Bonchev–Trinajstić information content (AvgIpc) is 2.16. The normalized spacial score (nSPS) is 15.6. The zero-order valence-electron chi connectivity index (χ0n) is 7.82. The Labute approximate surface area is 81.4 Å². The van der Waals surface area contributed by atoms with E-state index in [1.165, 1.54) is 24.3 Å². The van der Waals surface area contributed by atoms with Gasteiger partial charge in [0.05, 0.1) is 12.1 Å². The van der Waals surface area contributed by atoms with Crippen molar-refractivity contribution in [1.29, 1.82) is 0 Å². The van der Waals surface area contributed by atoms with Crippen LogP contribution in [0.3, 0.4) is 0 Å². The third-order valence-electron chi connectivity index (χ3n) is 2.09. The van der Waals surface area contributed by atoms with E-state index in [9.17, 15) is 13.9 Å². The lowest BCUT2D eigenvalue weighted by Gasteiger charge is -2.15. The van der Waals surface area contributed by atoms with Crippen LogP contribution in [0.1, 0.15) is 30.5 Å². The predicted molar refractivity (Wildman–Crippen MR) is 50.0 cm³/mol. The van der Waals surface area contributed by atoms with Crippen molar-refractivity contribution in [3.63, 3.8) is 0 Å². The Morgan fingerprint density at radius 2 is 1.57 bits per heavy atom. The molecule has 2 nitrogen and oxygen atoms in total. The van der Waals surface area contributed by atoms with E-state index in [4.69, 9.17) is 5.73 Å². The van der Waals surface area contributed by atoms with E-state index in [-0.39, 0.29) is 5.56 Å². The maximum atomic E-state index is 12.2. The van der Waals surface area contributed by atoms with E-state index >= 15 is 0 Å². The molecule has 0 saturated carbocycles. The Balaban J connectivity index is 2.83. The van der Waals surface area contributed by atoms with Crippen molar-refractivity contribution in [1.82, 2.24) is 0 Å². The van der Waals surface area contributed by atoms with Gasteiger partial charge >= 0.3 is 0 Å². The first-order valence-electron chi connectivity index (χ1n) is 4.34. The Bertz CT molecular complexity index is 285. The molecule has 3 N–H and O–H groups in total. The zero-order valence-corrected chi connectivity index (χ0v) is 7.82. The highest BCUT2D eigenvalue weighted by Gasteiger charge is 2.13. The molecule has 14 heavy (non-hydrogen) atoms. The van der Waals surface area contributed by atoms with Crippen molar-refractivity contribution in [3.05, 3.63) is 35.4 Å². The number of hydrogen-bond donors (Lipinski definition) is 2. The van der Waals surface area contributed by atoms with E-state index < -0.39 is 18.6 Å². The van der Waals surface area contributed by atoms with Gasteiger partial charge in [0, 0.05) is 5.56 Å². The number of aliphatic hydroxyl groups is 1. The monoisotopic (exact) mass is 201 g/mol. The minimum Gasteiger partial charge on any atom is -0.391 e. The summed E-state index contributed by atoms with van der Waals surface area (Å²) in [5, 5.41) is 9.18. The highest BCUT2D eigenvalue weighted by atomic mass is 19.3. The minimum absolute atomic E-state index is 0.0356. The van der Waals surface area contributed by atoms with Gasteiger partial charge in [0.2, 0.25) is 0 Å². The molecule has 0 radical (unpaired) electrons. The summed E-state index contributed by atoms with van der Waals surface area (Å²) in [6.07, 6.45) is -3.15. The molecule has 1 aromatic rings. The Morgan fingerprint density at radius 1 is 1.14 bits per heavy atom. The largest absolute Gasteiger partial charge is 0.391 e. The van der Waals surface area contributed by atoms with Gasteiger partial charge in [0.25, 0.3) is 6.43 Å². The van der Waals surface area contributed by atoms with Gasteiger partial charge in [-0.1, -0.05) is 24.3 Å². The first-order valence-corrected chi connectivity index (χ1v) is 4.34. The third-order valence-corrected chi connectivity index (χ3v) is 2.09. The SMILES string of the molecule is C[C@H](O)[C@H](N)c1ccc(C(F)F)cc1.